The fraction of sp³-hybridized carbons (Fsp3) is 0.600. The molecule has 0 fully saturated rings. The second-order valence-corrected chi connectivity index (χ2v) is 8.94. The molecule has 1 aromatic rings. The van der Waals surface area contributed by atoms with Gasteiger partial charge < -0.3 is 10.1 Å². The third-order valence-electron chi connectivity index (χ3n) is 3.65. The van der Waals surface area contributed by atoms with Gasteiger partial charge in [0.2, 0.25) is 0 Å². The van der Waals surface area contributed by atoms with E-state index < -0.39 is 14.6 Å². The van der Waals surface area contributed by atoms with Crippen molar-refractivity contribution >= 4 is 25.8 Å². The number of hydrogen-bond acceptors (Lipinski definition) is 4. The molecule has 0 aliphatic rings. The van der Waals surface area contributed by atoms with Crippen molar-refractivity contribution in [3.63, 3.8) is 0 Å². The number of halogens is 1. The van der Waals surface area contributed by atoms with Crippen molar-refractivity contribution in [1.29, 1.82) is 0 Å². The maximum atomic E-state index is 12.1. The summed E-state index contributed by atoms with van der Waals surface area (Å²) in [6.45, 7) is 8.67. The fourth-order valence-corrected chi connectivity index (χ4v) is 3.31. The Hall–Kier alpha value is -0.590. The molecule has 4 nitrogen and oxygen atoms in total. The lowest BCUT2D eigenvalue weighted by Gasteiger charge is -2.34. The van der Waals surface area contributed by atoms with E-state index in [2.05, 4.69) is 21.2 Å². The molecule has 0 bridgehead atoms. The smallest absolute Gasteiger partial charge is 0.154 e. The van der Waals surface area contributed by atoms with Crippen LogP contribution in [0.15, 0.2) is 22.7 Å². The van der Waals surface area contributed by atoms with Gasteiger partial charge in [0.1, 0.15) is 5.75 Å². The first-order chi connectivity index (χ1) is 9.65. The van der Waals surface area contributed by atoms with E-state index in [1.54, 1.807) is 13.8 Å². The Morgan fingerprint density at radius 2 is 1.95 bits per heavy atom. The van der Waals surface area contributed by atoms with E-state index in [0.29, 0.717) is 13.2 Å². The Labute approximate surface area is 136 Å². The molecule has 0 radical (unpaired) electrons. The minimum absolute atomic E-state index is 0.288. The average molecular weight is 378 g/mol. The van der Waals surface area contributed by atoms with Crippen LogP contribution in [-0.2, 0) is 9.84 Å². The highest BCUT2D eigenvalue weighted by molar-refractivity contribution is 9.10. The molecule has 1 aromatic carbocycles. The van der Waals surface area contributed by atoms with Gasteiger partial charge in [-0.1, -0.05) is 13.0 Å². The molecular formula is C15H24BrNO3S. The van der Waals surface area contributed by atoms with Gasteiger partial charge in [-0.15, -0.1) is 0 Å². The van der Waals surface area contributed by atoms with Crippen molar-refractivity contribution in [2.75, 3.05) is 19.4 Å². The summed E-state index contributed by atoms with van der Waals surface area (Å²) in [6, 6.07) is 5.41. The van der Waals surface area contributed by atoms with E-state index in [1.165, 1.54) is 6.26 Å². The monoisotopic (exact) mass is 377 g/mol. The summed E-state index contributed by atoms with van der Waals surface area (Å²) in [5.41, 5.74) is 0.919. The molecule has 1 N–H and O–H groups in total. The predicted molar refractivity (Wildman–Crippen MR) is 90.7 cm³/mol. The Balaban J connectivity index is 3.27. The maximum Gasteiger partial charge on any atom is 0.154 e. The van der Waals surface area contributed by atoms with Gasteiger partial charge in [-0.2, -0.15) is 0 Å². The molecule has 6 heteroatoms. The second kappa shape index (κ2) is 7.11. The number of benzene rings is 1. The van der Waals surface area contributed by atoms with Gasteiger partial charge in [0, 0.05) is 6.26 Å². The lowest BCUT2D eigenvalue weighted by molar-refractivity contribution is 0.337. The van der Waals surface area contributed by atoms with Gasteiger partial charge in [0.15, 0.2) is 9.84 Å². The lowest BCUT2D eigenvalue weighted by atomic mass is 9.95. The van der Waals surface area contributed by atoms with Crippen LogP contribution in [0.25, 0.3) is 0 Å². The zero-order valence-corrected chi connectivity index (χ0v) is 15.6. The number of nitrogens with one attached hydrogen (secondary N) is 1. The average Bonchev–Trinajstić information content (AvgIpc) is 2.37. The largest absolute Gasteiger partial charge is 0.493 e. The first-order valence-corrected chi connectivity index (χ1v) is 9.68. The highest BCUT2D eigenvalue weighted by Gasteiger charge is 2.39. The normalized spacial score (nSPS) is 14.0. The Bertz CT molecular complexity index is 585. The van der Waals surface area contributed by atoms with Crippen molar-refractivity contribution in [1.82, 2.24) is 5.32 Å². The molecule has 0 amide bonds. The SMILES string of the molecule is CCNC(c1ccc(OCC)c(Br)c1)C(C)(C)S(C)(=O)=O. The molecule has 1 atom stereocenters. The maximum absolute atomic E-state index is 12.1. The van der Waals surface area contributed by atoms with Gasteiger partial charge >= 0.3 is 0 Å². The standard InChI is InChI=1S/C15H24BrNO3S/c1-6-17-14(15(3,4)21(5,18)19)11-8-9-13(20-7-2)12(16)10-11/h8-10,14,17H,6-7H2,1-5H3. The van der Waals surface area contributed by atoms with Crippen LogP contribution in [0.1, 0.15) is 39.3 Å². The molecule has 0 aliphatic carbocycles. The van der Waals surface area contributed by atoms with Crippen LogP contribution >= 0.6 is 15.9 Å². The summed E-state index contributed by atoms with van der Waals surface area (Å²) in [7, 11) is -3.21. The van der Waals surface area contributed by atoms with Gasteiger partial charge in [-0.05, 0) is 60.9 Å². The zero-order chi connectivity index (χ0) is 16.3. The minimum atomic E-state index is -3.21. The van der Waals surface area contributed by atoms with Crippen LogP contribution in [-0.4, -0.2) is 32.6 Å². The topological polar surface area (TPSA) is 55.4 Å². The fourth-order valence-electron chi connectivity index (χ4n) is 2.15. The van der Waals surface area contributed by atoms with Crippen LogP contribution in [0.2, 0.25) is 0 Å². The Morgan fingerprint density at radius 3 is 2.38 bits per heavy atom. The lowest BCUT2D eigenvalue weighted by Crippen LogP contribution is -2.45. The van der Waals surface area contributed by atoms with Gasteiger partial charge in [0.25, 0.3) is 0 Å². The van der Waals surface area contributed by atoms with Crippen molar-refractivity contribution in [2.45, 2.75) is 38.5 Å². The highest BCUT2D eigenvalue weighted by Crippen LogP contribution is 2.35. The Kier molecular flexibility index (Phi) is 6.25. The predicted octanol–water partition coefficient (Wildman–Crippen LogP) is 3.32. The molecule has 0 spiro atoms. The minimum Gasteiger partial charge on any atom is -0.493 e. The van der Waals surface area contributed by atoms with Crippen LogP contribution in [0.5, 0.6) is 5.75 Å². The molecular weight excluding hydrogens is 354 g/mol. The van der Waals surface area contributed by atoms with Gasteiger partial charge in [-0.3, -0.25) is 0 Å². The van der Waals surface area contributed by atoms with Crippen LogP contribution < -0.4 is 10.1 Å². The number of hydrogen-bond donors (Lipinski definition) is 1. The zero-order valence-electron chi connectivity index (χ0n) is 13.2. The van der Waals surface area contributed by atoms with Gasteiger partial charge in [-0.25, -0.2) is 8.42 Å². The summed E-state index contributed by atoms with van der Waals surface area (Å²) >= 11 is 3.48. The highest BCUT2D eigenvalue weighted by atomic mass is 79.9. The number of rotatable bonds is 7. The van der Waals surface area contributed by atoms with Gasteiger partial charge in [0.05, 0.1) is 21.9 Å². The third-order valence-corrected chi connectivity index (χ3v) is 6.41. The summed E-state index contributed by atoms with van der Waals surface area (Å²) in [4.78, 5) is 0. The van der Waals surface area contributed by atoms with Crippen LogP contribution in [0.3, 0.4) is 0 Å². The van der Waals surface area contributed by atoms with Crippen molar-refractivity contribution in [3.05, 3.63) is 28.2 Å². The summed E-state index contributed by atoms with van der Waals surface area (Å²) in [6.07, 6.45) is 1.28. The number of sulfone groups is 1. The molecule has 0 aliphatic heterocycles. The van der Waals surface area contributed by atoms with Crippen molar-refractivity contribution in [3.8, 4) is 5.75 Å². The molecule has 0 aromatic heterocycles. The first kappa shape index (κ1) is 18.5. The molecule has 0 saturated heterocycles. The molecule has 0 saturated carbocycles. The number of ether oxygens (including phenoxy) is 1. The summed E-state index contributed by atoms with van der Waals surface area (Å²) in [5, 5.41) is 3.28. The van der Waals surface area contributed by atoms with Crippen molar-refractivity contribution in [2.24, 2.45) is 0 Å². The van der Waals surface area contributed by atoms with Crippen LogP contribution in [0.4, 0.5) is 0 Å². The second-order valence-electron chi connectivity index (χ2n) is 5.49. The quantitative estimate of drug-likeness (QED) is 0.791. The summed E-state index contributed by atoms with van der Waals surface area (Å²) in [5.74, 6) is 0.758. The van der Waals surface area contributed by atoms with E-state index >= 15 is 0 Å². The molecule has 1 rings (SSSR count). The summed E-state index contributed by atoms with van der Waals surface area (Å²) < 4.78 is 29.7. The third kappa shape index (κ3) is 4.20. The van der Waals surface area contributed by atoms with E-state index in [1.807, 2.05) is 32.0 Å². The van der Waals surface area contributed by atoms with E-state index in [0.717, 1.165) is 15.8 Å². The molecule has 120 valence electrons. The molecule has 1 unspecified atom stereocenters. The first-order valence-electron chi connectivity index (χ1n) is 7.00. The molecule has 21 heavy (non-hydrogen) atoms. The van der Waals surface area contributed by atoms with Crippen molar-refractivity contribution < 1.29 is 13.2 Å². The Morgan fingerprint density at radius 1 is 1.33 bits per heavy atom. The van der Waals surface area contributed by atoms with E-state index in [4.69, 9.17) is 4.74 Å². The van der Waals surface area contributed by atoms with E-state index in [9.17, 15) is 8.42 Å². The van der Waals surface area contributed by atoms with Crippen LogP contribution in [0, 0.1) is 0 Å². The molecule has 0 heterocycles. The van der Waals surface area contributed by atoms with E-state index in [-0.39, 0.29) is 6.04 Å².